The maximum absolute atomic E-state index is 5.45. The lowest BCUT2D eigenvalue weighted by molar-refractivity contribution is 0.0947. The Morgan fingerprint density at radius 2 is 1.95 bits per heavy atom. The van der Waals surface area contributed by atoms with Gasteiger partial charge in [-0.05, 0) is 26.3 Å². The zero-order valence-electron chi connectivity index (χ0n) is 12.8. The Morgan fingerprint density at radius 3 is 2.67 bits per heavy atom. The van der Waals surface area contributed by atoms with Gasteiger partial charge in [-0.3, -0.25) is 4.90 Å². The summed E-state index contributed by atoms with van der Waals surface area (Å²) >= 11 is 0. The molecule has 1 fully saturated rings. The number of benzene rings is 1. The molecule has 1 aliphatic heterocycles. The second-order valence-corrected chi connectivity index (χ2v) is 5.86. The van der Waals surface area contributed by atoms with Crippen molar-refractivity contribution in [1.82, 2.24) is 20.4 Å². The number of nitrogens with zero attached hydrogens (tertiary/aromatic N) is 3. The fourth-order valence-electron chi connectivity index (χ4n) is 2.89. The van der Waals surface area contributed by atoms with E-state index in [0.717, 1.165) is 24.2 Å². The Balaban J connectivity index is 1.78. The minimum Gasteiger partial charge on any atom is -0.338 e. The van der Waals surface area contributed by atoms with Crippen LogP contribution >= 0.6 is 0 Å². The van der Waals surface area contributed by atoms with Gasteiger partial charge in [-0.1, -0.05) is 29.4 Å². The van der Waals surface area contributed by atoms with E-state index in [1.807, 2.05) is 18.2 Å². The molecule has 2 aromatic rings. The van der Waals surface area contributed by atoms with E-state index in [9.17, 15) is 0 Å². The van der Waals surface area contributed by atoms with E-state index in [0.29, 0.717) is 30.3 Å². The average Bonchev–Trinajstić information content (AvgIpc) is 2.92. The number of aryl methyl sites for hydroxylation is 1. The molecule has 0 amide bonds. The van der Waals surface area contributed by atoms with Gasteiger partial charge in [0.05, 0.1) is 6.54 Å². The van der Waals surface area contributed by atoms with E-state index in [-0.39, 0.29) is 0 Å². The highest BCUT2D eigenvalue weighted by molar-refractivity contribution is 5.58. The largest absolute Gasteiger partial charge is 0.338 e. The number of hydrogen-bond acceptors (Lipinski definition) is 5. The van der Waals surface area contributed by atoms with Crippen molar-refractivity contribution >= 4 is 0 Å². The molecule has 0 spiro atoms. The van der Waals surface area contributed by atoms with Crippen LogP contribution in [0.5, 0.6) is 0 Å². The molecule has 0 radical (unpaired) electrons. The van der Waals surface area contributed by atoms with Crippen LogP contribution in [-0.2, 0) is 6.54 Å². The third kappa shape index (κ3) is 2.99. The summed E-state index contributed by atoms with van der Waals surface area (Å²) in [7, 11) is 0. The molecular formula is C16H22N4O. The summed E-state index contributed by atoms with van der Waals surface area (Å²) in [5, 5.41) is 7.56. The van der Waals surface area contributed by atoms with Crippen molar-refractivity contribution < 1.29 is 4.52 Å². The van der Waals surface area contributed by atoms with Crippen LogP contribution in [0.4, 0.5) is 0 Å². The van der Waals surface area contributed by atoms with Gasteiger partial charge in [0.2, 0.25) is 11.7 Å². The summed E-state index contributed by atoms with van der Waals surface area (Å²) in [5.41, 5.74) is 2.20. The molecule has 112 valence electrons. The van der Waals surface area contributed by atoms with Gasteiger partial charge in [-0.25, -0.2) is 0 Å². The van der Waals surface area contributed by atoms with E-state index < -0.39 is 0 Å². The Morgan fingerprint density at radius 1 is 1.24 bits per heavy atom. The van der Waals surface area contributed by atoms with Crippen LogP contribution < -0.4 is 5.32 Å². The van der Waals surface area contributed by atoms with Gasteiger partial charge in [0.1, 0.15) is 0 Å². The van der Waals surface area contributed by atoms with Gasteiger partial charge in [0.25, 0.3) is 0 Å². The molecule has 1 aliphatic rings. The van der Waals surface area contributed by atoms with Crippen molar-refractivity contribution in [2.24, 2.45) is 0 Å². The quantitative estimate of drug-likeness (QED) is 0.937. The van der Waals surface area contributed by atoms with Crippen molar-refractivity contribution in [2.75, 3.05) is 13.1 Å². The number of hydrogen-bond donors (Lipinski definition) is 1. The van der Waals surface area contributed by atoms with Crippen molar-refractivity contribution in [2.45, 2.75) is 39.4 Å². The fourth-order valence-corrected chi connectivity index (χ4v) is 2.89. The molecule has 3 rings (SSSR count). The van der Waals surface area contributed by atoms with Crippen LogP contribution in [0.15, 0.2) is 28.8 Å². The molecule has 1 aromatic carbocycles. The molecule has 0 aliphatic carbocycles. The topological polar surface area (TPSA) is 54.2 Å². The Bertz CT molecular complexity index is 600. The van der Waals surface area contributed by atoms with E-state index in [1.54, 1.807) is 0 Å². The van der Waals surface area contributed by atoms with Crippen LogP contribution in [0.2, 0.25) is 0 Å². The Hall–Kier alpha value is -1.72. The number of nitrogens with one attached hydrogen (secondary N) is 1. The summed E-state index contributed by atoms with van der Waals surface area (Å²) in [6.45, 7) is 9.23. The summed E-state index contributed by atoms with van der Waals surface area (Å²) in [6, 6.07) is 9.05. The first-order valence-corrected chi connectivity index (χ1v) is 7.50. The van der Waals surface area contributed by atoms with Crippen LogP contribution in [-0.4, -0.2) is 40.2 Å². The lowest BCUT2D eigenvalue weighted by atomic mass is 10.1. The lowest BCUT2D eigenvalue weighted by Crippen LogP contribution is -2.54. The normalized spacial score (nSPS) is 23.4. The third-order valence-corrected chi connectivity index (χ3v) is 4.18. The smallest absolute Gasteiger partial charge is 0.241 e. The molecule has 1 N–H and O–H groups in total. The standard InChI is InChI=1S/C16H22N4O/c1-11-6-4-5-7-14(11)16-18-15(21-19-16)10-20-12(2)8-17-9-13(20)3/h4-7,12-13,17H,8-10H2,1-3H3. The molecule has 21 heavy (non-hydrogen) atoms. The average molecular weight is 286 g/mol. The molecule has 5 heteroatoms. The zero-order valence-corrected chi connectivity index (χ0v) is 12.8. The minimum atomic E-state index is 0.475. The third-order valence-electron chi connectivity index (χ3n) is 4.18. The van der Waals surface area contributed by atoms with Gasteiger partial charge in [-0.2, -0.15) is 4.98 Å². The van der Waals surface area contributed by atoms with E-state index in [2.05, 4.69) is 47.2 Å². The fraction of sp³-hybridized carbons (Fsp3) is 0.500. The van der Waals surface area contributed by atoms with Crippen molar-refractivity contribution in [3.63, 3.8) is 0 Å². The first-order chi connectivity index (χ1) is 10.1. The highest BCUT2D eigenvalue weighted by atomic mass is 16.5. The predicted molar refractivity (Wildman–Crippen MR) is 81.8 cm³/mol. The van der Waals surface area contributed by atoms with Gasteiger partial charge < -0.3 is 9.84 Å². The molecule has 0 saturated carbocycles. The zero-order chi connectivity index (χ0) is 14.8. The van der Waals surface area contributed by atoms with Gasteiger partial charge >= 0.3 is 0 Å². The molecule has 0 bridgehead atoms. The summed E-state index contributed by atoms with van der Waals surface area (Å²) in [5.74, 6) is 1.37. The molecule has 2 unspecified atom stereocenters. The van der Waals surface area contributed by atoms with Crippen molar-refractivity contribution in [3.8, 4) is 11.4 Å². The lowest BCUT2D eigenvalue weighted by Gasteiger charge is -2.38. The van der Waals surface area contributed by atoms with Crippen molar-refractivity contribution in [1.29, 1.82) is 0 Å². The molecule has 1 aromatic heterocycles. The molecule has 1 saturated heterocycles. The number of aromatic nitrogens is 2. The minimum absolute atomic E-state index is 0.475. The van der Waals surface area contributed by atoms with E-state index in [1.165, 1.54) is 0 Å². The first kappa shape index (κ1) is 14.2. The highest BCUT2D eigenvalue weighted by Gasteiger charge is 2.26. The van der Waals surface area contributed by atoms with Crippen LogP contribution in [0.25, 0.3) is 11.4 Å². The van der Waals surface area contributed by atoms with Crippen LogP contribution in [0, 0.1) is 6.92 Å². The number of rotatable bonds is 3. The Labute approximate surface area is 125 Å². The Kier molecular flexibility index (Phi) is 4.03. The highest BCUT2D eigenvalue weighted by Crippen LogP contribution is 2.21. The second-order valence-electron chi connectivity index (χ2n) is 5.86. The molecular weight excluding hydrogens is 264 g/mol. The molecule has 5 nitrogen and oxygen atoms in total. The van der Waals surface area contributed by atoms with Gasteiger partial charge in [0.15, 0.2) is 0 Å². The maximum Gasteiger partial charge on any atom is 0.241 e. The van der Waals surface area contributed by atoms with Crippen LogP contribution in [0.3, 0.4) is 0 Å². The number of piperazine rings is 1. The second kappa shape index (κ2) is 5.95. The van der Waals surface area contributed by atoms with Crippen LogP contribution in [0.1, 0.15) is 25.3 Å². The summed E-state index contributed by atoms with van der Waals surface area (Å²) < 4.78 is 5.45. The molecule has 2 heterocycles. The first-order valence-electron chi connectivity index (χ1n) is 7.50. The molecule has 2 atom stereocenters. The summed E-state index contributed by atoms with van der Waals surface area (Å²) in [6.07, 6.45) is 0. The van der Waals surface area contributed by atoms with Gasteiger partial charge in [0, 0.05) is 30.7 Å². The summed E-state index contributed by atoms with van der Waals surface area (Å²) in [4.78, 5) is 6.97. The maximum atomic E-state index is 5.45. The van der Waals surface area contributed by atoms with E-state index >= 15 is 0 Å². The van der Waals surface area contributed by atoms with Crippen molar-refractivity contribution in [3.05, 3.63) is 35.7 Å². The SMILES string of the molecule is Cc1ccccc1-c1noc(CN2C(C)CNCC2C)n1. The predicted octanol–water partition coefficient (Wildman–Crippen LogP) is 2.23. The van der Waals surface area contributed by atoms with Gasteiger partial charge in [-0.15, -0.1) is 0 Å². The van der Waals surface area contributed by atoms with E-state index in [4.69, 9.17) is 4.52 Å². The monoisotopic (exact) mass is 286 g/mol.